The number of ether oxygens (including phenoxy) is 1. The first-order valence-electron chi connectivity index (χ1n) is 8.05. The Morgan fingerprint density at radius 1 is 1.08 bits per heavy atom. The monoisotopic (exact) mass is 463 g/mol. The molecular weight excluding hydrogens is 453 g/mol. The number of halogens is 3. The maximum absolute atomic E-state index is 6.83. The van der Waals surface area contributed by atoms with Gasteiger partial charge in [-0.3, -0.25) is 4.57 Å². The molecule has 0 bridgehead atoms. The van der Waals surface area contributed by atoms with Crippen molar-refractivity contribution in [2.75, 3.05) is 0 Å². The molecule has 2 aromatic heterocycles. The van der Waals surface area contributed by atoms with Gasteiger partial charge in [-0.05, 0) is 55.5 Å². The lowest BCUT2D eigenvalue weighted by Gasteiger charge is -2.29. The predicted molar refractivity (Wildman–Crippen MR) is 113 cm³/mol. The summed E-state index contributed by atoms with van der Waals surface area (Å²) in [5.74, 6) is 0.818. The van der Waals surface area contributed by atoms with E-state index in [1.165, 1.54) is 4.88 Å². The van der Waals surface area contributed by atoms with Gasteiger partial charge in [0.25, 0.3) is 0 Å². The van der Waals surface area contributed by atoms with Crippen molar-refractivity contribution in [2.45, 2.75) is 13.2 Å². The van der Waals surface area contributed by atoms with Gasteiger partial charge in [0.1, 0.15) is 5.75 Å². The second-order valence-corrected chi connectivity index (χ2v) is 9.30. The molecule has 26 heavy (non-hydrogen) atoms. The average molecular weight is 465 g/mol. The van der Waals surface area contributed by atoms with Gasteiger partial charge in [-0.25, -0.2) is 0 Å². The van der Waals surface area contributed by atoms with Crippen molar-refractivity contribution in [1.82, 2.24) is 4.57 Å². The summed E-state index contributed by atoms with van der Waals surface area (Å²) >= 11 is 18.3. The maximum atomic E-state index is 6.83. The second-order valence-electron chi connectivity index (χ2n) is 6.25. The van der Waals surface area contributed by atoms with Crippen LogP contribution in [0, 0.1) is 6.92 Å². The van der Waals surface area contributed by atoms with Crippen LogP contribution >= 0.6 is 50.5 Å². The fraction of sp³-hybridized carbons (Fsp3) is 0.100. The molecule has 0 fully saturated rings. The van der Waals surface area contributed by atoms with E-state index >= 15 is 0 Å². The zero-order chi connectivity index (χ0) is 18.0. The minimum Gasteiger partial charge on any atom is -0.464 e. The number of hydrogen-bond donors (Lipinski definition) is 0. The minimum atomic E-state index is -0.262. The molecule has 0 aliphatic carbocycles. The van der Waals surface area contributed by atoms with E-state index in [4.69, 9.17) is 27.9 Å². The van der Waals surface area contributed by atoms with E-state index in [0.717, 1.165) is 37.3 Å². The number of fused-ring (bicyclic) bond motifs is 5. The Labute approximate surface area is 173 Å². The highest BCUT2D eigenvalue weighted by molar-refractivity contribution is 9.10. The Bertz CT molecular complexity index is 1180. The highest BCUT2D eigenvalue weighted by Gasteiger charge is 2.32. The van der Waals surface area contributed by atoms with Gasteiger partial charge in [-0.15, -0.1) is 11.3 Å². The molecule has 5 rings (SSSR count). The maximum Gasteiger partial charge on any atom is 0.212 e. The standard InChI is InChI=1S/C20H12BrCl2NOS/c1-10-2-7-17(26-10)20-24-15-6-4-12(22)9-14(15)18(23)19(24)13-5-3-11(21)8-16(13)25-20/h2-9,20H,1H3. The van der Waals surface area contributed by atoms with Crippen molar-refractivity contribution in [3.63, 3.8) is 0 Å². The highest BCUT2D eigenvalue weighted by atomic mass is 79.9. The van der Waals surface area contributed by atoms with Crippen LogP contribution in [0.25, 0.3) is 22.2 Å². The third kappa shape index (κ3) is 2.43. The number of nitrogens with zero attached hydrogens (tertiary/aromatic N) is 1. The van der Waals surface area contributed by atoms with Crippen LogP contribution in [-0.2, 0) is 0 Å². The van der Waals surface area contributed by atoms with Gasteiger partial charge < -0.3 is 4.74 Å². The Hall–Kier alpha value is -1.46. The average Bonchev–Trinajstić information content (AvgIpc) is 3.16. The number of benzene rings is 2. The zero-order valence-corrected chi connectivity index (χ0v) is 17.5. The molecule has 0 amide bonds. The lowest BCUT2D eigenvalue weighted by Crippen LogP contribution is -2.21. The zero-order valence-electron chi connectivity index (χ0n) is 13.6. The van der Waals surface area contributed by atoms with Crippen LogP contribution in [0.4, 0.5) is 0 Å². The van der Waals surface area contributed by atoms with Crippen molar-refractivity contribution in [1.29, 1.82) is 0 Å². The van der Waals surface area contributed by atoms with Crippen LogP contribution in [-0.4, -0.2) is 4.57 Å². The van der Waals surface area contributed by atoms with Crippen LogP contribution in [0.3, 0.4) is 0 Å². The van der Waals surface area contributed by atoms with Crippen LogP contribution in [0.5, 0.6) is 5.75 Å². The molecule has 0 N–H and O–H groups in total. The normalized spacial score (nSPS) is 15.6. The summed E-state index contributed by atoms with van der Waals surface area (Å²) in [6.45, 7) is 2.10. The Kier molecular flexibility index (Phi) is 3.87. The Morgan fingerprint density at radius 3 is 2.69 bits per heavy atom. The fourth-order valence-electron chi connectivity index (χ4n) is 3.47. The largest absolute Gasteiger partial charge is 0.464 e. The SMILES string of the molecule is Cc1ccc(C2Oc3cc(Br)ccc3-c3c(Cl)c4cc(Cl)ccc4n32)s1. The molecule has 0 spiro atoms. The van der Waals surface area contributed by atoms with Gasteiger partial charge in [0.05, 0.1) is 21.1 Å². The van der Waals surface area contributed by atoms with E-state index in [1.54, 1.807) is 11.3 Å². The molecule has 130 valence electrons. The topological polar surface area (TPSA) is 14.2 Å². The summed E-state index contributed by atoms with van der Waals surface area (Å²) in [7, 11) is 0. The molecule has 0 saturated heterocycles. The predicted octanol–water partition coefficient (Wildman–Crippen LogP) is 7.69. The van der Waals surface area contributed by atoms with Gasteiger partial charge in [0, 0.05) is 25.3 Å². The second kappa shape index (κ2) is 6.03. The van der Waals surface area contributed by atoms with E-state index in [-0.39, 0.29) is 6.23 Å². The van der Waals surface area contributed by atoms with E-state index in [1.807, 2.05) is 36.4 Å². The number of rotatable bonds is 1. The Balaban J connectivity index is 1.88. The summed E-state index contributed by atoms with van der Waals surface area (Å²) in [4.78, 5) is 2.38. The summed E-state index contributed by atoms with van der Waals surface area (Å²) in [5, 5.41) is 2.31. The number of aromatic nitrogens is 1. The lowest BCUT2D eigenvalue weighted by molar-refractivity contribution is 0.177. The first-order chi connectivity index (χ1) is 12.5. The fourth-order valence-corrected chi connectivity index (χ4v) is 5.23. The third-order valence-electron chi connectivity index (χ3n) is 4.58. The molecule has 2 nitrogen and oxygen atoms in total. The highest BCUT2D eigenvalue weighted by Crippen LogP contribution is 2.50. The molecule has 3 heterocycles. The van der Waals surface area contributed by atoms with Gasteiger partial charge >= 0.3 is 0 Å². The molecule has 6 heteroatoms. The van der Waals surface area contributed by atoms with Crippen molar-refractivity contribution in [3.05, 3.63) is 72.8 Å². The van der Waals surface area contributed by atoms with Gasteiger partial charge in [0.2, 0.25) is 6.23 Å². The summed E-state index contributed by atoms with van der Waals surface area (Å²) < 4.78 is 9.59. The first-order valence-corrected chi connectivity index (χ1v) is 10.4. The van der Waals surface area contributed by atoms with Gasteiger partial charge in [0.15, 0.2) is 0 Å². The van der Waals surface area contributed by atoms with Crippen LogP contribution in [0.2, 0.25) is 10.0 Å². The molecule has 1 aliphatic rings. The van der Waals surface area contributed by atoms with Crippen molar-refractivity contribution < 1.29 is 4.74 Å². The molecular formula is C20H12BrCl2NOS. The van der Waals surface area contributed by atoms with Crippen molar-refractivity contribution in [3.8, 4) is 17.0 Å². The first kappa shape index (κ1) is 16.7. The minimum absolute atomic E-state index is 0.262. The van der Waals surface area contributed by atoms with Crippen LogP contribution in [0.1, 0.15) is 16.0 Å². The molecule has 4 aromatic rings. The smallest absolute Gasteiger partial charge is 0.212 e. The molecule has 1 atom stereocenters. The van der Waals surface area contributed by atoms with Gasteiger partial charge in [-0.2, -0.15) is 0 Å². The van der Waals surface area contributed by atoms with Crippen LogP contribution in [0.15, 0.2) is 53.0 Å². The lowest BCUT2D eigenvalue weighted by atomic mass is 10.1. The molecule has 0 saturated carbocycles. The molecule has 1 unspecified atom stereocenters. The number of hydrogen-bond acceptors (Lipinski definition) is 2. The van der Waals surface area contributed by atoms with Gasteiger partial charge in [-0.1, -0.05) is 39.1 Å². The molecule has 0 radical (unpaired) electrons. The number of aryl methyl sites for hydroxylation is 1. The summed E-state index contributed by atoms with van der Waals surface area (Å²) in [5.41, 5.74) is 2.96. The summed E-state index contributed by atoms with van der Waals surface area (Å²) in [6, 6.07) is 16.1. The Morgan fingerprint density at radius 2 is 1.92 bits per heavy atom. The van der Waals surface area contributed by atoms with E-state index in [0.29, 0.717) is 10.0 Å². The van der Waals surface area contributed by atoms with E-state index in [9.17, 15) is 0 Å². The van der Waals surface area contributed by atoms with E-state index < -0.39 is 0 Å². The summed E-state index contributed by atoms with van der Waals surface area (Å²) in [6.07, 6.45) is -0.262. The number of thiophene rings is 1. The molecule has 1 aliphatic heterocycles. The molecule has 2 aromatic carbocycles. The van der Waals surface area contributed by atoms with E-state index in [2.05, 4.69) is 39.6 Å². The van der Waals surface area contributed by atoms with Crippen molar-refractivity contribution >= 4 is 61.4 Å². The quantitative estimate of drug-likeness (QED) is 0.281. The van der Waals surface area contributed by atoms with Crippen molar-refractivity contribution in [2.24, 2.45) is 0 Å². The third-order valence-corrected chi connectivity index (χ3v) is 6.72. The van der Waals surface area contributed by atoms with Crippen LogP contribution < -0.4 is 4.74 Å².